The lowest BCUT2D eigenvalue weighted by atomic mass is 9.76. The van der Waals surface area contributed by atoms with E-state index >= 15 is 0 Å². The molecule has 20 heavy (non-hydrogen) atoms. The van der Waals surface area contributed by atoms with Gasteiger partial charge in [-0.25, -0.2) is 0 Å². The van der Waals surface area contributed by atoms with Crippen LogP contribution in [0.25, 0.3) is 0 Å². The highest BCUT2D eigenvalue weighted by Crippen LogP contribution is 2.35. The average Bonchev–Trinajstić information content (AvgIpc) is 2.79. The summed E-state index contributed by atoms with van der Waals surface area (Å²) in [6.07, 6.45) is 4.75. The molecule has 104 valence electrons. The molecule has 0 atom stereocenters. The van der Waals surface area contributed by atoms with Crippen molar-refractivity contribution < 1.29 is 4.79 Å². The average molecular weight is 267 g/mol. The summed E-state index contributed by atoms with van der Waals surface area (Å²) in [6.45, 7) is 5.31. The first-order valence-electron chi connectivity index (χ1n) is 7.30. The maximum Gasteiger partial charge on any atom is 0.165 e. The molecule has 0 amide bonds. The van der Waals surface area contributed by atoms with Crippen LogP contribution in [0.15, 0.2) is 42.6 Å². The Balaban J connectivity index is 1.81. The maximum atomic E-state index is 12.2. The number of rotatable bonds is 3. The van der Waals surface area contributed by atoms with E-state index in [1.807, 2.05) is 12.1 Å². The summed E-state index contributed by atoms with van der Waals surface area (Å²) >= 11 is 0. The lowest BCUT2D eigenvalue weighted by Crippen LogP contribution is -2.28. The van der Waals surface area contributed by atoms with E-state index in [0.29, 0.717) is 12.2 Å². The van der Waals surface area contributed by atoms with E-state index in [1.165, 1.54) is 11.3 Å². The Hall–Kier alpha value is -1.83. The van der Waals surface area contributed by atoms with Gasteiger partial charge >= 0.3 is 0 Å². The number of hydrogen-bond acceptors (Lipinski definition) is 1. The number of hydrogen-bond donors (Lipinski definition) is 0. The highest BCUT2D eigenvalue weighted by Gasteiger charge is 2.32. The first-order chi connectivity index (χ1) is 9.55. The minimum absolute atomic E-state index is 0.0902. The Morgan fingerprint density at radius 3 is 2.60 bits per heavy atom. The number of ketones is 1. The monoisotopic (exact) mass is 267 g/mol. The van der Waals surface area contributed by atoms with Gasteiger partial charge in [0.15, 0.2) is 5.78 Å². The van der Waals surface area contributed by atoms with Gasteiger partial charge in [-0.05, 0) is 29.9 Å². The number of carbonyl (C=O) groups excluding carboxylic acids is 1. The summed E-state index contributed by atoms with van der Waals surface area (Å²) in [6, 6.07) is 12.5. The zero-order valence-corrected chi connectivity index (χ0v) is 12.2. The topological polar surface area (TPSA) is 22.0 Å². The highest BCUT2D eigenvalue weighted by atomic mass is 16.1. The van der Waals surface area contributed by atoms with Crippen molar-refractivity contribution in [2.24, 2.45) is 5.41 Å². The third-order valence-electron chi connectivity index (χ3n) is 4.15. The van der Waals surface area contributed by atoms with Crippen LogP contribution in [0.5, 0.6) is 0 Å². The fourth-order valence-corrected chi connectivity index (χ4v) is 3.11. The second-order valence-corrected chi connectivity index (χ2v) is 6.55. The van der Waals surface area contributed by atoms with E-state index in [2.05, 4.69) is 48.9 Å². The lowest BCUT2D eigenvalue weighted by Gasteiger charge is -2.29. The molecule has 1 aliphatic rings. The summed E-state index contributed by atoms with van der Waals surface area (Å²) in [7, 11) is 0. The summed E-state index contributed by atoms with van der Waals surface area (Å²) < 4.78 is 2.27. The van der Waals surface area contributed by atoms with Crippen LogP contribution >= 0.6 is 0 Å². The molecule has 1 heterocycles. The van der Waals surface area contributed by atoms with Crippen LogP contribution in [0.3, 0.4) is 0 Å². The standard InChI is InChI=1S/C18H21NO/c1-18(2)12-16-15(17(20)13-18)9-11-19(16)10-8-14-6-4-3-5-7-14/h3-7,9,11H,8,10,12-13H2,1-2H3. The molecule has 0 saturated heterocycles. The van der Waals surface area contributed by atoms with Crippen molar-refractivity contribution in [3.8, 4) is 0 Å². The molecule has 0 unspecified atom stereocenters. The minimum Gasteiger partial charge on any atom is -0.350 e. The zero-order chi connectivity index (χ0) is 14.2. The van der Waals surface area contributed by atoms with Gasteiger partial charge in [-0.15, -0.1) is 0 Å². The Labute approximate surface area is 120 Å². The van der Waals surface area contributed by atoms with Gasteiger partial charge in [-0.1, -0.05) is 44.2 Å². The Morgan fingerprint density at radius 1 is 1.10 bits per heavy atom. The molecule has 0 N–H and O–H groups in total. The van der Waals surface area contributed by atoms with E-state index in [1.54, 1.807) is 0 Å². The quantitative estimate of drug-likeness (QED) is 0.827. The largest absolute Gasteiger partial charge is 0.350 e. The smallest absolute Gasteiger partial charge is 0.165 e. The summed E-state index contributed by atoms with van der Waals surface area (Å²) in [4.78, 5) is 12.2. The second kappa shape index (κ2) is 4.93. The van der Waals surface area contributed by atoms with Crippen molar-refractivity contribution in [1.29, 1.82) is 0 Å². The number of Topliss-reactive ketones (excluding diaryl/α,β-unsaturated/α-hetero) is 1. The van der Waals surface area contributed by atoms with E-state index in [9.17, 15) is 4.79 Å². The molecule has 3 rings (SSSR count). The van der Waals surface area contributed by atoms with Crippen LogP contribution in [0.4, 0.5) is 0 Å². The third-order valence-corrected chi connectivity index (χ3v) is 4.15. The number of nitrogens with zero attached hydrogens (tertiary/aromatic N) is 1. The predicted octanol–water partition coefficient (Wildman–Crippen LogP) is 3.89. The van der Waals surface area contributed by atoms with Gasteiger partial charge in [0.05, 0.1) is 0 Å². The summed E-state index contributed by atoms with van der Waals surface area (Å²) in [5.41, 5.74) is 3.60. The number of carbonyl (C=O) groups is 1. The normalized spacial score (nSPS) is 17.0. The van der Waals surface area contributed by atoms with Crippen molar-refractivity contribution >= 4 is 5.78 Å². The second-order valence-electron chi connectivity index (χ2n) is 6.55. The van der Waals surface area contributed by atoms with Crippen LogP contribution in [0.1, 0.15) is 41.9 Å². The summed E-state index contributed by atoms with van der Waals surface area (Å²) in [5.74, 6) is 0.301. The van der Waals surface area contributed by atoms with Gasteiger partial charge in [0.25, 0.3) is 0 Å². The molecule has 0 aliphatic heterocycles. The summed E-state index contributed by atoms with van der Waals surface area (Å²) in [5, 5.41) is 0. The molecule has 0 bridgehead atoms. The fourth-order valence-electron chi connectivity index (χ4n) is 3.11. The van der Waals surface area contributed by atoms with Gasteiger partial charge in [-0.3, -0.25) is 4.79 Å². The van der Waals surface area contributed by atoms with Crippen LogP contribution < -0.4 is 0 Å². The number of benzene rings is 1. The number of aromatic nitrogens is 1. The van der Waals surface area contributed by atoms with Crippen LogP contribution in [0.2, 0.25) is 0 Å². The molecule has 1 aliphatic carbocycles. The molecule has 0 radical (unpaired) electrons. The molecular formula is C18H21NO. The van der Waals surface area contributed by atoms with Crippen molar-refractivity contribution in [3.05, 3.63) is 59.4 Å². The molecule has 2 aromatic rings. The third kappa shape index (κ3) is 2.55. The van der Waals surface area contributed by atoms with Gasteiger partial charge in [0.1, 0.15) is 0 Å². The predicted molar refractivity (Wildman–Crippen MR) is 81.0 cm³/mol. The minimum atomic E-state index is 0.0902. The molecule has 2 nitrogen and oxygen atoms in total. The van der Waals surface area contributed by atoms with E-state index < -0.39 is 0 Å². The first kappa shape index (κ1) is 13.2. The number of fused-ring (bicyclic) bond motifs is 1. The van der Waals surface area contributed by atoms with Crippen molar-refractivity contribution in [2.45, 2.75) is 39.7 Å². The molecule has 2 heteroatoms. The highest BCUT2D eigenvalue weighted by molar-refractivity contribution is 5.98. The Kier molecular flexibility index (Phi) is 3.25. The first-order valence-corrected chi connectivity index (χ1v) is 7.30. The van der Waals surface area contributed by atoms with Crippen molar-refractivity contribution in [2.75, 3.05) is 0 Å². The van der Waals surface area contributed by atoms with Gasteiger partial charge in [-0.2, -0.15) is 0 Å². The van der Waals surface area contributed by atoms with Gasteiger partial charge in [0.2, 0.25) is 0 Å². The maximum absolute atomic E-state index is 12.2. The lowest BCUT2D eigenvalue weighted by molar-refractivity contribution is 0.0910. The van der Waals surface area contributed by atoms with E-state index in [4.69, 9.17) is 0 Å². The number of aryl methyl sites for hydroxylation is 2. The van der Waals surface area contributed by atoms with E-state index in [0.717, 1.165) is 24.9 Å². The molecule has 0 saturated carbocycles. The van der Waals surface area contributed by atoms with E-state index in [-0.39, 0.29) is 5.41 Å². The SMILES string of the molecule is CC1(C)CC(=O)c2ccn(CCc3ccccc3)c2C1. The fraction of sp³-hybridized carbons (Fsp3) is 0.389. The van der Waals surface area contributed by atoms with Gasteiger partial charge < -0.3 is 4.57 Å². The Bertz CT molecular complexity index is 622. The van der Waals surface area contributed by atoms with Crippen LogP contribution in [-0.2, 0) is 19.4 Å². The molecular weight excluding hydrogens is 246 g/mol. The molecule has 1 aromatic heterocycles. The molecule has 0 fully saturated rings. The molecule has 1 aromatic carbocycles. The molecule has 0 spiro atoms. The zero-order valence-electron chi connectivity index (χ0n) is 12.2. The Morgan fingerprint density at radius 2 is 1.85 bits per heavy atom. The van der Waals surface area contributed by atoms with Crippen LogP contribution in [-0.4, -0.2) is 10.4 Å². The van der Waals surface area contributed by atoms with Crippen molar-refractivity contribution in [1.82, 2.24) is 4.57 Å². The van der Waals surface area contributed by atoms with Crippen molar-refractivity contribution in [3.63, 3.8) is 0 Å². The van der Waals surface area contributed by atoms with Gasteiger partial charge in [0, 0.05) is 30.4 Å². The van der Waals surface area contributed by atoms with Crippen LogP contribution in [0, 0.1) is 5.41 Å².